The van der Waals surface area contributed by atoms with Crippen LogP contribution in [0.4, 0.5) is 0 Å². The van der Waals surface area contributed by atoms with Gasteiger partial charge in [0, 0.05) is 5.56 Å². The highest BCUT2D eigenvalue weighted by molar-refractivity contribution is 5.59. The molecular weight excluding hydrogens is 234 g/mol. The fourth-order valence-electron chi connectivity index (χ4n) is 1.54. The average Bonchev–Trinajstić information content (AvgIpc) is 2.76. The lowest BCUT2D eigenvalue weighted by Crippen LogP contribution is -2.11. The van der Waals surface area contributed by atoms with Crippen LogP contribution in [-0.4, -0.2) is 41.4 Å². The Bertz CT molecular complexity index is 537. The summed E-state index contributed by atoms with van der Waals surface area (Å²) in [6.45, 7) is 0.603. The van der Waals surface area contributed by atoms with Gasteiger partial charge in [-0.15, -0.1) is 0 Å². The average molecular weight is 249 g/mol. The van der Waals surface area contributed by atoms with Gasteiger partial charge in [-0.2, -0.15) is 4.98 Å². The molecule has 2 aromatic rings. The zero-order chi connectivity index (χ0) is 13.1. The van der Waals surface area contributed by atoms with Crippen LogP contribution >= 0.6 is 0 Å². The second-order valence-corrected chi connectivity index (χ2v) is 4.14. The maximum Gasteiger partial charge on any atom is 0.258 e. The summed E-state index contributed by atoms with van der Waals surface area (Å²) in [6, 6.07) is 4.94. The molecule has 96 valence electrons. The highest BCUT2D eigenvalue weighted by atomic mass is 16.5. The molecule has 6 nitrogen and oxygen atoms in total. The molecule has 0 unspecified atom stereocenters. The zero-order valence-electron chi connectivity index (χ0n) is 10.5. The number of hydrogen-bond acceptors (Lipinski definition) is 6. The third-order valence-electron chi connectivity index (χ3n) is 2.35. The topological polar surface area (TPSA) is 71.6 Å². The highest BCUT2D eigenvalue weighted by Gasteiger charge is 2.11. The van der Waals surface area contributed by atoms with Crippen molar-refractivity contribution in [3.8, 4) is 23.0 Å². The number of hydrogen-bond donors (Lipinski definition) is 1. The fourth-order valence-corrected chi connectivity index (χ4v) is 1.54. The molecule has 1 aromatic carbocycles. The first-order valence-corrected chi connectivity index (χ1v) is 5.45. The first-order chi connectivity index (χ1) is 8.60. The number of rotatable bonds is 4. The summed E-state index contributed by atoms with van der Waals surface area (Å²) in [4.78, 5) is 6.19. The van der Waals surface area contributed by atoms with Crippen LogP contribution in [0.25, 0.3) is 11.5 Å². The molecule has 0 aliphatic heterocycles. The Morgan fingerprint density at radius 2 is 2.17 bits per heavy atom. The molecule has 0 fully saturated rings. The number of methoxy groups -OCH3 is 1. The number of phenolic OH excluding ortho intramolecular Hbond substituents is 1. The predicted molar refractivity (Wildman–Crippen MR) is 65.3 cm³/mol. The van der Waals surface area contributed by atoms with Gasteiger partial charge in [-0.05, 0) is 32.3 Å². The van der Waals surface area contributed by atoms with Crippen molar-refractivity contribution in [2.75, 3.05) is 21.2 Å². The molecule has 1 N–H and O–H groups in total. The van der Waals surface area contributed by atoms with Crippen LogP contribution in [0.15, 0.2) is 22.7 Å². The van der Waals surface area contributed by atoms with E-state index in [9.17, 15) is 5.11 Å². The Balaban J connectivity index is 2.26. The van der Waals surface area contributed by atoms with Crippen LogP contribution in [0, 0.1) is 0 Å². The van der Waals surface area contributed by atoms with E-state index in [1.165, 1.54) is 13.2 Å². The van der Waals surface area contributed by atoms with Crippen LogP contribution in [0.3, 0.4) is 0 Å². The van der Waals surface area contributed by atoms with E-state index in [0.29, 0.717) is 29.6 Å². The van der Waals surface area contributed by atoms with Crippen LogP contribution in [0.2, 0.25) is 0 Å². The quantitative estimate of drug-likeness (QED) is 0.885. The maximum absolute atomic E-state index is 9.68. The summed E-state index contributed by atoms with van der Waals surface area (Å²) in [5.41, 5.74) is 0.658. The molecule has 18 heavy (non-hydrogen) atoms. The van der Waals surface area contributed by atoms with E-state index < -0.39 is 0 Å². The van der Waals surface area contributed by atoms with Gasteiger partial charge >= 0.3 is 0 Å². The summed E-state index contributed by atoms with van der Waals surface area (Å²) >= 11 is 0. The van der Waals surface area contributed by atoms with Crippen LogP contribution < -0.4 is 4.74 Å². The molecule has 0 aliphatic rings. The lowest BCUT2D eigenvalue weighted by Gasteiger charge is -2.04. The monoisotopic (exact) mass is 249 g/mol. The third-order valence-corrected chi connectivity index (χ3v) is 2.35. The maximum atomic E-state index is 9.68. The number of aromatic nitrogens is 2. The van der Waals surface area contributed by atoms with E-state index in [4.69, 9.17) is 9.26 Å². The fraction of sp³-hybridized carbons (Fsp3) is 0.333. The number of benzene rings is 1. The zero-order valence-corrected chi connectivity index (χ0v) is 10.5. The standard InChI is InChI=1S/C12H15N3O3/c1-15(2)7-11-13-12(18-14-11)8-4-5-10(17-3)9(16)6-8/h4-6,16H,7H2,1-3H3. The normalized spacial score (nSPS) is 10.9. The molecule has 0 saturated heterocycles. The minimum atomic E-state index is 0.0439. The minimum absolute atomic E-state index is 0.0439. The molecule has 1 aromatic heterocycles. The van der Waals surface area contributed by atoms with Gasteiger partial charge in [0.15, 0.2) is 17.3 Å². The van der Waals surface area contributed by atoms with Gasteiger partial charge < -0.3 is 19.3 Å². The van der Waals surface area contributed by atoms with Crippen LogP contribution in [-0.2, 0) is 6.54 Å². The first kappa shape index (κ1) is 12.4. The molecule has 6 heteroatoms. The molecule has 0 spiro atoms. The number of nitrogens with zero attached hydrogens (tertiary/aromatic N) is 3. The van der Waals surface area contributed by atoms with Crippen LogP contribution in [0.5, 0.6) is 11.5 Å². The summed E-state index contributed by atoms with van der Waals surface area (Å²) in [7, 11) is 5.35. The lowest BCUT2D eigenvalue weighted by molar-refractivity contribution is 0.365. The van der Waals surface area contributed by atoms with E-state index in [-0.39, 0.29) is 5.75 Å². The van der Waals surface area contributed by atoms with E-state index in [0.717, 1.165) is 0 Å². The van der Waals surface area contributed by atoms with E-state index in [2.05, 4.69) is 10.1 Å². The molecule has 1 heterocycles. The van der Waals surface area contributed by atoms with Gasteiger partial charge in [0.2, 0.25) is 0 Å². The summed E-state index contributed by atoms with van der Waals surface area (Å²) in [5, 5.41) is 13.5. The second kappa shape index (κ2) is 5.05. The molecule has 2 rings (SSSR count). The Labute approximate surface area is 105 Å². The highest BCUT2D eigenvalue weighted by Crippen LogP contribution is 2.30. The van der Waals surface area contributed by atoms with Crippen molar-refractivity contribution in [1.29, 1.82) is 0 Å². The Kier molecular flexibility index (Phi) is 3.47. The van der Waals surface area contributed by atoms with Gasteiger partial charge in [-0.25, -0.2) is 0 Å². The first-order valence-electron chi connectivity index (χ1n) is 5.45. The van der Waals surface area contributed by atoms with Gasteiger partial charge in [0.1, 0.15) is 0 Å². The van der Waals surface area contributed by atoms with Crippen molar-refractivity contribution in [1.82, 2.24) is 15.0 Å². The van der Waals surface area contributed by atoms with Gasteiger partial charge in [0.05, 0.1) is 13.7 Å². The molecule has 0 atom stereocenters. The summed E-state index contributed by atoms with van der Waals surface area (Å²) in [5.74, 6) is 1.43. The Morgan fingerprint density at radius 3 is 2.78 bits per heavy atom. The summed E-state index contributed by atoms with van der Waals surface area (Å²) < 4.78 is 10.1. The lowest BCUT2D eigenvalue weighted by atomic mass is 10.2. The Morgan fingerprint density at radius 1 is 1.39 bits per heavy atom. The van der Waals surface area contributed by atoms with Crippen molar-refractivity contribution < 1.29 is 14.4 Å². The Hall–Kier alpha value is -2.08. The van der Waals surface area contributed by atoms with Crippen molar-refractivity contribution in [2.45, 2.75) is 6.54 Å². The largest absolute Gasteiger partial charge is 0.504 e. The van der Waals surface area contributed by atoms with Gasteiger partial charge in [0.25, 0.3) is 5.89 Å². The molecule has 0 bridgehead atoms. The van der Waals surface area contributed by atoms with Crippen molar-refractivity contribution >= 4 is 0 Å². The third kappa shape index (κ3) is 2.60. The molecule has 0 saturated carbocycles. The molecule has 0 amide bonds. The number of phenols is 1. The predicted octanol–water partition coefficient (Wildman–Crippen LogP) is 1.51. The van der Waals surface area contributed by atoms with Crippen molar-refractivity contribution in [3.63, 3.8) is 0 Å². The molecule has 0 aliphatic carbocycles. The summed E-state index contributed by atoms with van der Waals surface area (Å²) in [6.07, 6.45) is 0. The van der Waals surface area contributed by atoms with Gasteiger partial charge in [-0.1, -0.05) is 5.16 Å². The van der Waals surface area contributed by atoms with E-state index in [1.807, 2.05) is 19.0 Å². The smallest absolute Gasteiger partial charge is 0.258 e. The molecule has 0 radical (unpaired) electrons. The minimum Gasteiger partial charge on any atom is -0.504 e. The SMILES string of the molecule is COc1ccc(-c2nc(CN(C)C)no2)cc1O. The number of aromatic hydroxyl groups is 1. The second-order valence-electron chi connectivity index (χ2n) is 4.14. The van der Waals surface area contributed by atoms with Gasteiger partial charge in [-0.3, -0.25) is 0 Å². The van der Waals surface area contributed by atoms with Crippen LogP contribution in [0.1, 0.15) is 5.82 Å². The number of ether oxygens (including phenoxy) is 1. The van der Waals surface area contributed by atoms with Crippen molar-refractivity contribution in [3.05, 3.63) is 24.0 Å². The molecular formula is C12H15N3O3. The van der Waals surface area contributed by atoms with E-state index in [1.54, 1.807) is 12.1 Å². The van der Waals surface area contributed by atoms with E-state index >= 15 is 0 Å². The van der Waals surface area contributed by atoms with Crippen molar-refractivity contribution in [2.24, 2.45) is 0 Å².